The lowest BCUT2D eigenvalue weighted by atomic mass is 10.1. The number of piperazine rings is 1. The Labute approximate surface area is 130 Å². The Kier molecular flexibility index (Phi) is 3.94. The molecule has 22 heavy (non-hydrogen) atoms. The second-order valence-electron chi connectivity index (χ2n) is 6.02. The standard InChI is InChI=1S/C16H21N5O/c1-11-6-14(4-5-15(11)21-10-17-9-18-21)16(22)20-7-12(2)19-13(3)8-20/h4-6,9-10,12-13,19H,7-8H2,1-3H3. The fourth-order valence-electron chi connectivity index (χ4n) is 3.05. The normalized spacial score (nSPS) is 21.9. The third kappa shape index (κ3) is 2.87. The van der Waals surface area contributed by atoms with E-state index in [1.807, 2.05) is 30.0 Å². The van der Waals surface area contributed by atoms with E-state index in [4.69, 9.17) is 0 Å². The van der Waals surface area contributed by atoms with Crippen LogP contribution in [0.25, 0.3) is 5.69 Å². The highest BCUT2D eigenvalue weighted by Gasteiger charge is 2.25. The van der Waals surface area contributed by atoms with Crippen molar-refractivity contribution in [3.05, 3.63) is 42.0 Å². The lowest BCUT2D eigenvalue weighted by molar-refractivity contribution is 0.0673. The Morgan fingerprint density at radius 2 is 2.00 bits per heavy atom. The molecule has 1 fully saturated rings. The summed E-state index contributed by atoms with van der Waals surface area (Å²) in [7, 11) is 0. The highest BCUT2D eigenvalue weighted by molar-refractivity contribution is 5.94. The highest BCUT2D eigenvalue weighted by atomic mass is 16.2. The van der Waals surface area contributed by atoms with E-state index in [1.165, 1.54) is 6.33 Å². The molecule has 0 bridgehead atoms. The third-order valence-corrected chi connectivity index (χ3v) is 3.95. The zero-order valence-corrected chi connectivity index (χ0v) is 13.2. The maximum Gasteiger partial charge on any atom is 0.253 e. The summed E-state index contributed by atoms with van der Waals surface area (Å²) in [5, 5.41) is 7.58. The summed E-state index contributed by atoms with van der Waals surface area (Å²) in [5.41, 5.74) is 2.67. The maximum absolute atomic E-state index is 12.7. The molecule has 1 N–H and O–H groups in total. The van der Waals surface area contributed by atoms with E-state index < -0.39 is 0 Å². The number of aryl methyl sites for hydroxylation is 1. The van der Waals surface area contributed by atoms with Crippen LogP contribution in [0.2, 0.25) is 0 Å². The number of aromatic nitrogens is 3. The first kappa shape index (κ1) is 14.7. The predicted molar refractivity (Wildman–Crippen MR) is 84.1 cm³/mol. The molecule has 1 saturated heterocycles. The smallest absolute Gasteiger partial charge is 0.253 e. The summed E-state index contributed by atoms with van der Waals surface area (Å²) in [4.78, 5) is 18.6. The molecule has 0 spiro atoms. The number of hydrogen-bond donors (Lipinski definition) is 1. The molecule has 1 aliphatic rings. The van der Waals surface area contributed by atoms with Crippen LogP contribution in [0.1, 0.15) is 29.8 Å². The van der Waals surface area contributed by atoms with Crippen LogP contribution in [0.3, 0.4) is 0 Å². The average Bonchev–Trinajstić information content (AvgIpc) is 2.99. The van der Waals surface area contributed by atoms with E-state index in [-0.39, 0.29) is 5.91 Å². The van der Waals surface area contributed by atoms with Crippen LogP contribution in [0.15, 0.2) is 30.9 Å². The Morgan fingerprint density at radius 3 is 2.59 bits per heavy atom. The van der Waals surface area contributed by atoms with E-state index in [9.17, 15) is 4.79 Å². The summed E-state index contributed by atoms with van der Waals surface area (Å²) < 4.78 is 1.71. The van der Waals surface area contributed by atoms with Crippen molar-refractivity contribution in [1.82, 2.24) is 25.0 Å². The molecular formula is C16H21N5O. The third-order valence-electron chi connectivity index (χ3n) is 3.95. The zero-order valence-electron chi connectivity index (χ0n) is 13.2. The number of nitrogens with zero attached hydrogens (tertiary/aromatic N) is 4. The van der Waals surface area contributed by atoms with Crippen LogP contribution < -0.4 is 5.32 Å². The molecule has 1 aromatic carbocycles. The molecule has 2 aromatic rings. The minimum Gasteiger partial charge on any atom is -0.336 e. The lowest BCUT2D eigenvalue weighted by Gasteiger charge is -2.36. The summed E-state index contributed by atoms with van der Waals surface area (Å²) in [6, 6.07) is 6.36. The molecule has 0 aliphatic carbocycles. The number of carbonyl (C=O) groups is 1. The van der Waals surface area contributed by atoms with Crippen molar-refractivity contribution in [2.75, 3.05) is 13.1 Å². The first-order valence-corrected chi connectivity index (χ1v) is 7.55. The van der Waals surface area contributed by atoms with Gasteiger partial charge in [-0.05, 0) is 44.5 Å². The van der Waals surface area contributed by atoms with Crippen LogP contribution in [0, 0.1) is 6.92 Å². The number of nitrogens with one attached hydrogen (secondary N) is 1. The van der Waals surface area contributed by atoms with Gasteiger partial charge in [-0.3, -0.25) is 4.79 Å². The largest absolute Gasteiger partial charge is 0.336 e. The first-order chi connectivity index (χ1) is 10.5. The minimum atomic E-state index is 0.0911. The Bertz CT molecular complexity index is 657. The van der Waals surface area contributed by atoms with Crippen molar-refractivity contribution < 1.29 is 4.79 Å². The molecule has 2 atom stereocenters. The number of amides is 1. The molecule has 3 rings (SSSR count). The molecule has 0 radical (unpaired) electrons. The fourth-order valence-corrected chi connectivity index (χ4v) is 3.05. The topological polar surface area (TPSA) is 63.1 Å². The van der Waals surface area contributed by atoms with Crippen LogP contribution in [-0.4, -0.2) is 50.7 Å². The van der Waals surface area contributed by atoms with E-state index in [2.05, 4.69) is 29.2 Å². The van der Waals surface area contributed by atoms with Gasteiger partial charge in [-0.1, -0.05) is 0 Å². The summed E-state index contributed by atoms with van der Waals surface area (Å²) in [6.45, 7) is 7.68. The lowest BCUT2D eigenvalue weighted by Crippen LogP contribution is -2.55. The summed E-state index contributed by atoms with van der Waals surface area (Å²) in [5.74, 6) is 0.0911. The molecule has 0 saturated carbocycles. The van der Waals surface area contributed by atoms with E-state index in [0.717, 1.165) is 29.9 Å². The van der Waals surface area contributed by atoms with Crippen LogP contribution in [0.5, 0.6) is 0 Å². The SMILES string of the molecule is Cc1cc(C(=O)N2CC(C)NC(C)C2)ccc1-n1cncn1. The van der Waals surface area contributed by atoms with Crippen LogP contribution >= 0.6 is 0 Å². The first-order valence-electron chi connectivity index (χ1n) is 7.55. The van der Waals surface area contributed by atoms with Gasteiger partial charge in [0.05, 0.1) is 5.69 Å². The number of rotatable bonds is 2. The van der Waals surface area contributed by atoms with Crippen molar-refractivity contribution in [2.45, 2.75) is 32.9 Å². The predicted octanol–water partition coefficient (Wildman–Crippen LogP) is 1.40. The van der Waals surface area contributed by atoms with Gasteiger partial charge in [0, 0.05) is 30.7 Å². The van der Waals surface area contributed by atoms with Crippen LogP contribution in [0.4, 0.5) is 0 Å². The summed E-state index contributed by atoms with van der Waals surface area (Å²) in [6.07, 6.45) is 3.16. The van der Waals surface area contributed by atoms with Crippen molar-refractivity contribution in [3.63, 3.8) is 0 Å². The van der Waals surface area contributed by atoms with Gasteiger partial charge in [0.15, 0.2) is 0 Å². The minimum absolute atomic E-state index is 0.0911. The van der Waals surface area contributed by atoms with Crippen molar-refractivity contribution in [1.29, 1.82) is 0 Å². The average molecular weight is 299 g/mol. The van der Waals surface area contributed by atoms with Crippen molar-refractivity contribution in [3.8, 4) is 5.69 Å². The summed E-state index contributed by atoms with van der Waals surface area (Å²) >= 11 is 0. The van der Waals surface area contributed by atoms with Gasteiger partial charge in [0.25, 0.3) is 5.91 Å². The monoisotopic (exact) mass is 299 g/mol. The second-order valence-corrected chi connectivity index (χ2v) is 6.02. The Balaban J connectivity index is 1.83. The quantitative estimate of drug-likeness (QED) is 0.910. The van der Waals surface area contributed by atoms with Gasteiger partial charge >= 0.3 is 0 Å². The van der Waals surface area contributed by atoms with Crippen molar-refractivity contribution in [2.24, 2.45) is 0 Å². The van der Waals surface area contributed by atoms with Gasteiger partial charge in [0.1, 0.15) is 12.7 Å². The van der Waals surface area contributed by atoms with Gasteiger partial charge in [-0.15, -0.1) is 0 Å². The fraction of sp³-hybridized carbons (Fsp3) is 0.438. The van der Waals surface area contributed by atoms with Gasteiger partial charge in [-0.2, -0.15) is 5.10 Å². The second kappa shape index (κ2) is 5.88. The zero-order chi connectivity index (χ0) is 15.7. The molecule has 1 amide bonds. The molecule has 1 aromatic heterocycles. The van der Waals surface area contributed by atoms with Crippen molar-refractivity contribution >= 4 is 5.91 Å². The number of carbonyl (C=O) groups excluding carboxylic acids is 1. The van der Waals surface area contributed by atoms with E-state index in [0.29, 0.717) is 12.1 Å². The molecule has 2 unspecified atom stereocenters. The van der Waals surface area contributed by atoms with E-state index in [1.54, 1.807) is 11.0 Å². The van der Waals surface area contributed by atoms with Gasteiger partial charge in [-0.25, -0.2) is 9.67 Å². The molecule has 1 aliphatic heterocycles. The molecule has 116 valence electrons. The Hall–Kier alpha value is -2.21. The Morgan fingerprint density at radius 1 is 1.27 bits per heavy atom. The molecule has 6 nitrogen and oxygen atoms in total. The molecule has 2 heterocycles. The number of hydrogen-bond acceptors (Lipinski definition) is 4. The maximum atomic E-state index is 12.7. The van der Waals surface area contributed by atoms with E-state index >= 15 is 0 Å². The van der Waals surface area contributed by atoms with Gasteiger partial charge in [0.2, 0.25) is 0 Å². The van der Waals surface area contributed by atoms with Gasteiger partial charge < -0.3 is 10.2 Å². The number of benzene rings is 1. The molecule has 6 heteroatoms. The van der Waals surface area contributed by atoms with Crippen LogP contribution in [-0.2, 0) is 0 Å². The molecular weight excluding hydrogens is 278 g/mol. The highest BCUT2D eigenvalue weighted by Crippen LogP contribution is 2.17.